The van der Waals surface area contributed by atoms with E-state index in [9.17, 15) is 0 Å². The molecule has 1 aromatic carbocycles. The average molecular weight is 192 g/mol. The number of aliphatic hydroxyl groups excluding tert-OH is 1. The summed E-state index contributed by atoms with van der Waals surface area (Å²) in [6, 6.07) is 7.56. The first kappa shape index (κ1) is 8.90. The molecule has 0 amide bonds. The van der Waals surface area contributed by atoms with E-state index in [1.807, 2.05) is 24.3 Å². The van der Waals surface area contributed by atoms with Crippen LogP contribution >= 0.6 is 0 Å². The molecular formula is C10H12N2O2. The van der Waals surface area contributed by atoms with Crippen molar-refractivity contribution in [1.82, 2.24) is 4.73 Å². The second-order valence-corrected chi connectivity index (χ2v) is 3.02. The van der Waals surface area contributed by atoms with Crippen LogP contribution in [-0.4, -0.2) is 23.1 Å². The number of nitrogens with zero attached hydrogens (tertiary/aromatic N) is 1. The Morgan fingerprint density at radius 2 is 2.21 bits per heavy atom. The number of hydrogen-bond donors (Lipinski definition) is 2. The van der Waals surface area contributed by atoms with Gasteiger partial charge in [0.25, 0.3) is 0 Å². The minimum Gasteiger partial charge on any atom is -0.411 e. The van der Waals surface area contributed by atoms with E-state index in [1.54, 1.807) is 10.9 Å². The summed E-state index contributed by atoms with van der Waals surface area (Å²) < 4.78 is 1.61. The molecule has 1 heterocycles. The molecule has 0 radical (unpaired) electrons. The lowest BCUT2D eigenvalue weighted by atomic mass is 10.2. The van der Waals surface area contributed by atoms with Crippen molar-refractivity contribution < 1.29 is 9.94 Å². The van der Waals surface area contributed by atoms with Gasteiger partial charge >= 0.3 is 0 Å². The zero-order valence-corrected chi connectivity index (χ0v) is 7.68. The quantitative estimate of drug-likeness (QED) is 0.702. The van der Waals surface area contributed by atoms with Crippen LogP contribution in [0.3, 0.4) is 0 Å². The number of benzene rings is 1. The molecule has 74 valence electrons. The normalized spacial score (nSPS) is 10.6. The second kappa shape index (κ2) is 3.59. The number of nitrogens with two attached hydrogens (primary N) is 1. The summed E-state index contributed by atoms with van der Waals surface area (Å²) in [5, 5.41) is 9.70. The van der Waals surface area contributed by atoms with Gasteiger partial charge in [-0.1, -0.05) is 6.07 Å². The van der Waals surface area contributed by atoms with Gasteiger partial charge in [-0.25, -0.2) is 0 Å². The summed E-state index contributed by atoms with van der Waals surface area (Å²) in [5.74, 6) is 0. The third-order valence-electron chi connectivity index (χ3n) is 2.00. The van der Waals surface area contributed by atoms with E-state index in [-0.39, 0.29) is 13.2 Å². The Kier molecular flexibility index (Phi) is 2.28. The molecule has 4 nitrogen and oxygen atoms in total. The maximum absolute atomic E-state index is 8.63. The van der Waals surface area contributed by atoms with E-state index in [4.69, 9.17) is 15.7 Å². The van der Waals surface area contributed by atoms with Gasteiger partial charge in [-0.3, -0.25) is 0 Å². The van der Waals surface area contributed by atoms with E-state index >= 15 is 0 Å². The molecule has 3 N–H and O–H groups in total. The minimum atomic E-state index is 0.00197. The zero-order chi connectivity index (χ0) is 9.97. The third kappa shape index (κ3) is 1.52. The standard InChI is InChI=1S/C10H12N2O2/c11-9-2-1-8-3-4-12(10(8)7-9)14-6-5-13/h1-4,7,13H,5-6,11H2. The SMILES string of the molecule is Nc1ccc2ccn(OCCO)c2c1. The Bertz CT molecular complexity index is 437. The van der Waals surface area contributed by atoms with Gasteiger partial charge in [0.1, 0.15) is 6.61 Å². The summed E-state index contributed by atoms with van der Waals surface area (Å²) in [6.07, 6.45) is 1.81. The van der Waals surface area contributed by atoms with Gasteiger partial charge < -0.3 is 15.7 Å². The average Bonchev–Trinajstić information content (AvgIpc) is 2.57. The molecule has 14 heavy (non-hydrogen) atoms. The molecule has 0 atom stereocenters. The van der Waals surface area contributed by atoms with E-state index in [1.165, 1.54) is 0 Å². The lowest BCUT2D eigenvalue weighted by molar-refractivity contribution is 0.0832. The van der Waals surface area contributed by atoms with Crippen LogP contribution < -0.4 is 10.6 Å². The molecule has 0 fully saturated rings. The highest BCUT2D eigenvalue weighted by Gasteiger charge is 2.01. The fraction of sp³-hybridized carbons (Fsp3) is 0.200. The van der Waals surface area contributed by atoms with E-state index < -0.39 is 0 Å². The smallest absolute Gasteiger partial charge is 0.138 e. The van der Waals surface area contributed by atoms with Gasteiger partial charge in [0.2, 0.25) is 0 Å². The summed E-state index contributed by atoms with van der Waals surface area (Å²) >= 11 is 0. The number of aliphatic hydroxyl groups is 1. The Balaban J connectivity index is 2.40. The lowest BCUT2D eigenvalue weighted by Crippen LogP contribution is -2.13. The van der Waals surface area contributed by atoms with Gasteiger partial charge in [0, 0.05) is 17.3 Å². The van der Waals surface area contributed by atoms with Crippen molar-refractivity contribution in [3.63, 3.8) is 0 Å². The monoisotopic (exact) mass is 192 g/mol. The molecule has 0 saturated carbocycles. The molecular weight excluding hydrogens is 180 g/mol. The fourth-order valence-electron chi connectivity index (χ4n) is 1.37. The Hall–Kier alpha value is -1.68. The molecule has 0 bridgehead atoms. The topological polar surface area (TPSA) is 60.4 Å². The Morgan fingerprint density at radius 3 is 3.00 bits per heavy atom. The van der Waals surface area contributed by atoms with Crippen LogP contribution in [-0.2, 0) is 0 Å². The molecule has 2 rings (SSSR count). The van der Waals surface area contributed by atoms with Crippen molar-refractivity contribution in [2.24, 2.45) is 0 Å². The van der Waals surface area contributed by atoms with Crippen LogP contribution in [0.4, 0.5) is 5.69 Å². The van der Waals surface area contributed by atoms with Crippen LogP contribution in [0.25, 0.3) is 10.9 Å². The first-order chi connectivity index (χ1) is 6.81. The maximum Gasteiger partial charge on any atom is 0.138 e. The van der Waals surface area contributed by atoms with Crippen LogP contribution in [0.2, 0.25) is 0 Å². The largest absolute Gasteiger partial charge is 0.411 e. The van der Waals surface area contributed by atoms with Gasteiger partial charge in [0.15, 0.2) is 0 Å². The van der Waals surface area contributed by atoms with Crippen LogP contribution in [0.1, 0.15) is 0 Å². The molecule has 1 aromatic heterocycles. The number of fused-ring (bicyclic) bond motifs is 1. The van der Waals surface area contributed by atoms with Gasteiger partial charge in [-0.05, 0) is 18.2 Å². The Labute approximate surface area is 81.5 Å². The highest BCUT2D eigenvalue weighted by Crippen LogP contribution is 2.17. The van der Waals surface area contributed by atoms with Gasteiger partial charge in [-0.15, -0.1) is 0 Å². The van der Waals surface area contributed by atoms with Crippen molar-refractivity contribution in [2.75, 3.05) is 18.9 Å². The Morgan fingerprint density at radius 1 is 1.36 bits per heavy atom. The summed E-state index contributed by atoms with van der Waals surface area (Å²) in [7, 11) is 0. The zero-order valence-electron chi connectivity index (χ0n) is 7.68. The molecule has 0 unspecified atom stereocenters. The van der Waals surface area contributed by atoms with Crippen molar-refractivity contribution in [1.29, 1.82) is 0 Å². The number of aromatic nitrogens is 1. The predicted molar refractivity (Wildman–Crippen MR) is 54.9 cm³/mol. The summed E-state index contributed by atoms with van der Waals surface area (Å²) in [5.41, 5.74) is 7.28. The molecule has 0 saturated heterocycles. The highest BCUT2D eigenvalue weighted by molar-refractivity contribution is 5.82. The van der Waals surface area contributed by atoms with Gasteiger partial charge in [-0.2, -0.15) is 4.73 Å². The number of rotatable bonds is 3. The van der Waals surface area contributed by atoms with E-state index in [0.29, 0.717) is 5.69 Å². The molecule has 0 aliphatic carbocycles. The maximum atomic E-state index is 8.63. The molecule has 0 spiro atoms. The minimum absolute atomic E-state index is 0.00197. The van der Waals surface area contributed by atoms with Crippen LogP contribution in [0.5, 0.6) is 0 Å². The van der Waals surface area contributed by atoms with Crippen molar-refractivity contribution >= 4 is 16.6 Å². The summed E-state index contributed by atoms with van der Waals surface area (Å²) in [4.78, 5) is 5.27. The molecule has 0 aliphatic heterocycles. The first-order valence-electron chi connectivity index (χ1n) is 4.42. The van der Waals surface area contributed by atoms with Gasteiger partial charge in [0.05, 0.1) is 12.1 Å². The van der Waals surface area contributed by atoms with Crippen molar-refractivity contribution in [2.45, 2.75) is 0 Å². The lowest BCUT2D eigenvalue weighted by Gasteiger charge is -2.06. The number of nitrogen functional groups attached to an aromatic ring is 1. The van der Waals surface area contributed by atoms with E-state index in [2.05, 4.69) is 0 Å². The van der Waals surface area contributed by atoms with Crippen LogP contribution in [0, 0.1) is 0 Å². The van der Waals surface area contributed by atoms with E-state index in [0.717, 1.165) is 10.9 Å². The first-order valence-corrected chi connectivity index (χ1v) is 4.42. The summed E-state index contributed by atoms with van der Waals surface area (Å²) in [6.45, 7) is 0.278. The fourth-order valence-corrected chi connectivity index (χ4v) is 1.37. The second-order valence-electron chi connectivity index (χ2n) is 3.02. The van der Waals surface area contributed by atoms with Crippen LogP contribution in [0.15, 0.2) is 30.5 Å². The predicted octanol–water partition coefficient (Wildman–Crippen LogP) is 0.644. The molecule has 2 aromatic rings. The highest BCUT2D eigenvalue weighted by atomic mass is 16.7. The third-order valence-corrected chi connectivity index (χ3v) is 2.00. The molecule has 0 aliphatic rings. The number of hydrogen-bond acceptors (Lipinski definition) is 3. The van der Waals surface area contributed by atoms with Crippen molar-refractivity contribution in [3.05, 3.63) is 30.5 Å². The molecule has 4 heteroatoms. The number of anilines is 1. The van der Waals surface area contributed by atoms with Crippen molar-refractivity contribution in [3.8, 4) is 0 Å².